The van der Waals surface area contributed by atoms with Crippen molar-refractivity contribution in [2.24, 2.45) is 0 Å². The van der Waals surface area contributed by atoms with E-state index in [-0.39, 0.29) is 0 Å². The molecule has 1 aliphatic heterocycles. The van der Waals surface area contributed by atoms with Crippen LogP contribution in [-0.4, -0.2) is 35.8 Å². The minimum absolute atomic E-state index is 0.321. The van der Waals surface area contributed by atoms with Gasteiger partial charge in [-0.3, -0.25) is 0 Å². The summed E-state index contributed by atoms with van der Waals surface area (Å²) in [5.74, 6) is 0. The van der Waals surface area contributed by atoms with Crippen LogP contribution in [0.5, 0.6) is 0 Å². The van der Waals surface area contributed by atoms with Gasteiger partial charge >= 0.3 is 0 Å². The molecule has 1 N–H and O–H groups in total. The maximum atomic E-state index is 10.8. The van der Waals surface area contributed by atoms with E-state index in [9.17, 15) is 5.11 Å². The van der Waals surface area contributed by atoms with Gasteiger partial charge in [0.2, 0.25) is 0 Å². The van der Waals surface area contributed by atoms with Gasteiger partial charge < -0.3 is 24.1 Å². The van der Waals surface area contributed by atoms with Gasteiger partial charge in [-0.1, -0.05) is 97.1 Å². The number of rotatable bonds is 10. The summed E-state index contributed by atoms with van der Waals surface area (Å²) in [6.45, 7) is 4.94. The molecule has 5 heteroatoms. The van der Waals surface area contributed by atoms with Gasteiger partial charge in [0.25, 0.3) is 0 Å². The van der Waals surface area contributed by atoms with Crippen LogP contribution >= 0.6 is 0 Å². The molecule has 0 aromatic heterocycles. The van der Waals surface area contributed by atoms with E-state index in [4.69, 9.17) is 18.9 Å². The molecule has 5 atom stereocenters. The zero-order chi connectivity index (χ0) is 22.9. The highest BCUT2D eigenvalue weighted by molar-refractivity contribution is 5.16. The second kappa shape index (κ2) is 11.9. The molecular formula is C28H30O5. The molecule has 0 radical (unpaired) electrons. The zero-order valence-corrected chi connectivity index (χ0v) is 18.5. The van der Waals surface area contributed by atoms with Crippen LogP contribution in [0.4, 0.5) is 0 Å². The van der Waals surface area contributed by atoms with Crippen LogP contribution in [-0.2, 0) is 38.8 Å². The number of aliphatic hydroxyl groups is 1. The zero-order valence-electron chi connectivity index (χ0n) is 18.5. The van der Waals surface area contributed by atoms with Crippen LogP contribution in [0.25, 0.3) is 0 Å². The Bertz CT molecular complexity index is 963. The summed E-state index contributed by atoms with van der Waals surface area (Å²) in [4.78, 5) is 0. The van der Waals surface area contributed by atoms with Gasteiger partial charge in [-0.05, 0) is 16.7 Å². The van der Waals surface area contributed by atoms with Gasteiger partial charge in [-0.25, -0.2) is 0 Å². The fraction of sp³-hybridized carbons (Fsp3) is 0.286. The number of hydrogen-bond acceptors (Lipinski definition) is 5. The summed E-state index contributed by atoms with van der Waals surface area (Å²) in [5.41, 5.74) is 3.06. The normalized spacial score (nSPS) is 24.9. The van der Waals surface area contributed by atoms with Gasteiger partial charge in [-0.2, -0.15) is 0 Å². The largest absolute Gasteiger partial charge is 0.368 e. The van der Waals surface area contributed by atoms with E-state index in [0.717, 1.165) is 16.7 Å². The van der Waals surface area contributed by atoms with Gasteiger partial charge in [0, 0.05) is 0 Å². The Kier molecular flexibility index (Phi) is 8.41. The Hall–Kier alpha value is -2.80. The lowest BCUT2D eigenvalue weighted by molar-refractivity contribution is -0.302. The molecule has 0 saturated carbocycles. The molecule has 1 unspecified atom stereocenters. The quantitative estimate of drug-likeness (QED) is 0.460. The van der Waals surface area contributed by atoms with E-state index in [1.54, 1.807) is 6.08 Å². The summed E-state index contributed by atoms with van der Waals surface area (Å²) in [6.07, 6.45) is -1.87. The lowest BCUT2D eigenvalue weighted by Gasteiger charge is -2.43. The molecule has 172 valence electrons. The molecule has 33 heavy (non-hydrogen) atoms. The van der Waals surface area contributed by atoms with E-state index < -0.39 is 30.7 Å². The molecule has 4 rings (SSSR count). The first-order valence-corrected chi connectivity index (χ1v) is 11.2. The molecule has 3 aromatic rings. The van der Waals surface area contributed by atoms with Crippen molar-refractivity contribution < 1.29 is 24.1 Å². The molecule has 0 bridgehead atoms. The van der Waals surface area contributed by atoms with E-state index in [2.05, 4.69) is 6.58 Å². The smallest absolute Gasteiger partial charge is 0.184 e. The van der Waals surface area contributed by atoms with Gasteiger partial charge in [0.15, 0.2) is 6.29 Å². The third-order valence-electron chi connectivity index (χ3n) is 5.64. The van der Waals surface area contributed by atoms with Crippen molar-refractivity contribution in [3.8, 4) is 0 Å². The number of ether oxygens (including phenoxy) is 4. The molecule has 0 spiro atoms. The Morgan fingerprint density at radius 3 is 1.45 bits per heavy atom. The summed E-state index contributed by atoms with van der Waals surface area (Å²) < 4.78 is 24.6. The number of hydrogen-bond donors (Lipinski definition) is 1. The standard InChI is InChI=1S/C28H30O5/c1-2-24-25(30-18-21-12-6-3-7-13-21)26(31-19-22-14-8-4-9-15-22)27(28(29)33-24)32-20-23-16-10-5-11-17-23/h2-17,24-29H,1,18-20H2/t24-,25-,26+,27+,28?/m1/s1. The van der Waals surface area contributed by atoms with Crippen molar-refractivity contribution in [2.75, 3.05) is 0 Å². The molecule has 3 aromatic carbocycles. The Morgan fingerprint density at radius 2 is 1.03 bits per heavy atom. The van der Waals surface area contributed by atoms with Gasteiger partial charge in [0.1, 0.15) is 24.4 Å². The predicted molar refractivity (Wildman–Crippen MR) is 126 cm³/mol. The van der Waals surface area contributed by atoms with Crippen LogP contribution < -0.4 is 0 Å². The average molecular weight is 447 g/mol. The summed E-state index contributed by atoms with van der Waals surface area (Å²) in [7, 11) is 0. The van der Waals surface area contributed by atoms with Crippen molar-refractivity contribution in [1.82, 2.24) is 0 Å². The van der Waals surface area contributed by atoms with Crippen molar-refractivity contribution in [2.45, 2.75) is 50.5 Å². The minimum atomic E-state index is -1.17. The average Bonchev–Trinajstić information content (AvgIpc) is 2.87. The summed E-state index contributed by atoms with van der Waals surface area (Å²) in [5, 5.41) is 10.8. The van der Waals surface area contributed by atoms with Crippen molar-refractivity contribution >= 4 is 0 Å². The molecule has 0 amide bonds. The SMILES string of the molecule is C=C[C@H]1OC(O)[C@@H](OCc2ccccc2)[C@@H](OCc2ccccc2)[C@@H]1OCc1ccccc1. The van der Waals surface area contributed by atoms with E-state index in [1.165, 1.54) is 0 Å². The molecule has 5 nitrogen and oxygen atoms in total. The Labute approximate surface area is 195 Å². The topological polar surface area (TPSA) is 57.2 Å². The first-order valence-electron chi connectivity index (χ1n) is 11.2. The molecule has 0 aliphatic carbocycles. The Morgan fingerprint density at radius 1 is 0.636 bits per heavy atom. The maximum absolute atomic E-state index is 10.8. The minimum Gasteiger partial charge on any atom is -0.368 e. The van der Waals surface area contributed by atoms with Gasteiger partial charge in [-0.15, -0.1) is 6.58 Å². The van der Waals surface area contributed by atoms with E-state index >= 15 is 0 Å². The molecule has 1 aliphatic rings. The van der Waals surface area contributed by atoms with Crippen molar-refractivity contribution in [3.05, 3.63) is 120 Å². The highest BCUT2D eigenvalue weighted by atomic mass is 16.7. The monoisotopic (exact) mass is 446 g/mol. The number of aliphatic hydroxyl groups excluding tert-OH is 1. The first-order chi connectivity index (χ1) is 16.2. The van der Waals surface area contributed by atoms with Crippen LogP contribution in [0.3, 0.4) is 0 Å². The summed E-state index contributed by atoms with van der Waals surface area (Å²) in [6, 6.07) is 29.6. The lowest BCUT2D eigenvalue weighted by atomic mass is 9.97. The van der Waals surface area contributed by atoms with Crippen molar-refractivity contribution in [1.29, 1.82) is 0 Å². The van der Waals surface area contributed by atoms with E-state index in [1.807, 2.05) is 91.0 Å². The molecular weight excluding hydrogens is 416 g/mol. The first kappa shape index (κ1) is 23.4. The Balaban J connectivity index is 1.54. The maximum Gasteiger partial charge on any atom is 0.184 e. The third kappa shape index (κ3) is 6.38. The lowest BCUT2D eigenvalue weighted by Crippen LogP contribution is -2.59. The second-order valence-corrected chi connectivity index (χ2v) is 8.01. The second-order valence-electron chi connectivity index (χ2n) is 8.01. The highest BCUT2D eigenvalue weighted by Crippen LogP contribution is 2.30. The van der Waals surface area contributed by atoms with Crippen molar-refractivity contribution in [3.63, 3.8) is 0 Å². The third-order valence-corrected chi connectivity index (χ3v) is 5.64. The fourth-order valence-electron chi connectivity index (χ4n) is 3.90. The molecule has 1 saturated heterocycles. The predicted octanol–water partition coefficient (Wildman–Crippen LogP) is 4.65. The van der Waals surface area contributed by atoms with Crippen LogP contribution in [0.15, 0.2) is 104 Å². The summed E-state index contributed by atoms with van der Waals surface area (Å²) >= 11 is 0. The molecule has 1 fully saturated rings. The van der Waals surface area contributed by atoms with Crippen LogP contribution in [0.1, 0.15) is 16.7 Å². The fourth-order valence-corrected chi connectivity index (χ4v) is 3.90. The van der Waals surface area contributed by atoms with Crippen LogP contribution in [0, 0.1) is 0 Å². The number of benzene rings is 3. The highest BCUT2D eigenvalue weighted by Gasteiger charge is 2.46. The van der Waals surface area contributed by atoms with Crippen LogP contribution in [0.2, 0.25) is 0 Å². The van der Waals surface area contributed by atoms with E-state index in [0.29, 0.717) is 19.8 Å². The van der Waals surface area contributed by atoms with Gasteiger partial charge in [0.05, 0.1) is 19.8 Å². The molecule has 1 heterocycles.